The molecule has 0 aromatic carbocycles. The van der Waals surface area contributed by atoms with Gasteiger partial charge in [0.25, 0.3) is 0 Å². The number of halogens is 1. The van der Waals surface area contributed by atoms with E-state index < -0.39 is 5.60 Å². The molecule has 2 rings (SSSR count). The van der Waals surface area contributed by atoms with Crippen LogP contribution < -0.4 is 11.5 Å². The fourth-order valence-corrected chi connectivity index (χ4v) is 3.04. The van der Waals surface area contributed by atoms with Crippen LogP contribution in [0.2, 0.25) is 0 Å². The smallest absolute Gasteiger partial charge is 0.410 e. The first-order chi connectivity index (χ1) is 12.6. The maximum Gasteiger partial charge on any atom is 0.410 e. The highest BCUT2D eigenvalue weighted by molar-refractivity contribution is 9.10. The van der Waals surface area contributed by atoms with Crippen molar-refractivity contribution in [1.29, 1.82) is 0 Å². The molecule has 1 aromatic rings. The van der Waals surface area contributed by atoms with Crippen molar-refractivity contribution in [2.24, 2.45) is 10.7 Å². The first-order valence-electron chi connectivity index (χ1n) is 8.83. The summed E-state index contributed by atoms with van der Waals surface area (Å²) in [5.74, 6) is 0.319. The summed E-state index contributed by atoms with van der Waals surface area (Å²) in [6.45, 7) is 8.72. The molecular weight excluding hydrogens is 412 g/mol. The lowest BCUT2D eigenvalue weighted by atomic mass is 10.0. The number of amides is 1. The number of nitrogen functional groups attached to an aromatic ring is 1. The van der Waals surface area contributed by atoms with Crippen LogP contribution in [0.1, 0.15) is 46.2 Å². The summed E-state index contributed by atoms with van der Waals surface area (Å²) in [5.41, 5.74) is 13.1. The molecule has 0 bridgehead atoms. The van der Waals surface area contributed by atoms with Crippen LogP contribution in [0.5, 0.6) is 0 Å². The van der Waals surface area contributed by atoms with Gasteiger partial charge in [0.2, 0.25) is 0 Å². The van der Waals surface area contributed by atoms with E-state index in [1.165, 1.54) is 6.20 Å². The number of aliphatic imine (C=N–C) groups is 1. The van der Waals surface area contributed by atoms with Gasteiger partial charge in [-0.2, -0.15) is 0 Å². The van der Waals surface area contributed by atoms with Gasteiger partial charge < -0.3 is 21.1 Å². The van der Waals surface area contributed by atoms with Gasteiger partial charge >= 0.3 is 6.09 Å². The Morgan fingerprint density at radius 1 is 1.41 bits per heavy atom. The van der Waals surface area contributed by atoms with Crippen molar-refractivity contribution in [2.75, 3.05) is 18.8 Å². The molecule has 1 aliphatic rings. The van der Waals surface area contributed by atoms with Crippen LogP contribution in [0, 0.1) is 0 Å². The third-order valence-electron chi connectivity index (χ3n) is 4.08. The lowest BCUT2D eigenvalue weighted by Crippen LogP contribution is -2.42. The van der Waals surface area contributed by atoms with E-state index in [0.717, 1.165) is 18.6 Å². The summed E-state index contributed by atoms with van der Waals surface area (Å²) >= 11 is 3.28. The van der Waals surface area contributed by atoms with Crippen LogP contribution in [0.3, 0.4) is 0 Å². The lowest BCUT2D eigenvalue weighted by Gasteiger charge is -2.32. The van der Waals surface area contributed by atoms with Crippen molar-refractivity contribution in [1.82, 2.24) is 14.9 Å². The van der Waals surface area contributed by atoms with Gasteiger partial charge in [-0.25, -0.2) is 14.8 Å². The molecule has 1 aromatic heterocycles. The number of likely N-dealkylation sites (tertiary alicyclic amines) is 1. The molecular formula is C18H27BrN6O2. The SMILES string of the molecule is CC(=NC1CCN(C(=O)OC(C)(C)C)CC1)C(=CN)c1cnc(N)c(Br)n1. The number of ether oxygens (including phenoxy) is 1. The van der Waals surface area contributed by atoms with Gasteiger partial charge in [0.05, 0.1) is 17.9 Å². The zero-order valence-electron chi connectivity index (χ0n) is 16.2. The van der Waals surface area contributed by atoms with Crippen LogP contribution >= 0.6 is 15.9 Å². The predicted molar refractivity (Wildman–Crippen MR) is 110 cm³/mol. The molecule has 0 radical (unpaired) electrons. The van der Waals surface area contributed by atoms with E-state index in [2.05, 4.69) is 25.9 Å². The molecule has 9 heteroatoms. The highest BCUT2D eigenvalue weighted by Crippen LogP contribution is 2.22. The second kappa shape index (κ2) is 8.69. The first kappa shape index (κ1) is 21.1. The molecule has 8 nitrogen and oxygen atoms in total. The first-order valence-corrected chi connectivity index (χ1v) is 9.63. The fraction of sp³-hybridized carbons (Fsp3) is 0.556. The maximum absolute atomic E-state index is 12.2. The Morgan fingerprint density at radius 3 is 2.56 bits per heavy atom. The second-order valence-corrected chi connectivity index (χ2v) is 8.18. The molecule has 148 valence electrons. The van der Waals surface area contributed by atoms with Crippen molar-refractivity contribution < 1.29 is 9.53 Å². The van der Waals surface area contributed by atoms with Gasteiger partial charge in [0, 0.05) is 30.6 Å². The van der Waals surface area contributed by atoms with Crippen molar-refractivity contribution in [3.05, 3.63) is 22.7 Å². The normalized spacial score (nSPS) is 17.1. The number of carbonyl (C=O) groups excluding carboxylic acids is 1. The average molecular weight is 439 g/mol. The van der Waals surface area contributed by atoms with E-state index in [9.17, 15) is 4.79 Å². The van der Waals surface area contributed by atoms with Gasteiger partial charge in [0.1, 0.15) is 10.2 Å². The van der Waals surface area contributed by atoms with Crippen LogP contribution in [0.15, 0.2) is 22.0 Å². The Kier molecular flexibility index (Phi) is 6.80. The number of rotatable bonds is 3. The number of hydrogen-bond donors (Lipinski definition) is 2. The Balaban J connectivity index is 2.02. The average Bonchev–Trinajstić information content (AvgIpc) is 2.57. The van der Waals surface area contributed by atoms with Crippen molar-refractivity contribution in [3.8, 4) is 0 Å². The third kappa shape index (κ3) is 5.92. The molecule has 0 spiro atoms. The lowest BCUT2D eigenvalue weighted by molar-refractivity contribution is 0.0207. The summed E-state index contributed by atoms with van der Waals surface area (Å²) in [5, 5.41) is 0. The molecule has 1 amide bonds. The number of hydrogen-bond acceptors (Lipinski definition) is 7. The van der Waals surface area contributed by atoms with Crippen LogP contribution in [-0.2, 0) is 4.74 Å². The molecule has 0 saturated carbocycles. The monoisotopic (exact) mass is 438 g/mol. The standard InChI is InChI=1S/C18H27BrN6O2/c1-11(13(9-20)14-10-22-16(21)15(19)24-14)23-12-5-7-25(8-6-12)17(26)27-18(2,3)4/h9-10,12H,5-8,20H2,1-4H3,(H2,21,22). The number of nitrogens with zero attached hydrogens (tertiary/aromatic N) is 4. The summed E-state index contributed by atoms with van der Waals surface area (Å²) in [6.07, 6.45) is 4.31. The van der Waals surface area contributed by atoms with Gasteiger partial charge in [-0.3, -0.25) is 4.99 Å². The number of carbonyl (C=O) groups is 1. The molecule has 0 aliphatic carbocycles. The van der Waals surface area contributed by atoms with Gasteiger partial charge in [-0.05, 0) is 56.5 Å². The van der Waals surface area contributed by atoms with Gasteiger partial charge in [0.15, 0.2) is 5.82 Å². The Labute approximate surface area is 168 Å². The molecule has 1 aliphatic heterocycles. The zero-order valence-corrected chi connectivity index (χ0v) is 17.8. The number of allylic oxidation sites excluding steroid dienone is 1. The largest absolute Gasteiger partial charge is 0.444 e. The maximum atomic E-state index is 12.2. The summed E-state index contributed by atoms with van der Waals surface area (Å²) < 4.78 is 5.89. The minimum atomic E-state index is -0.488. The van der Waals surface area contributed by atoms with Gasteiger partial charge in [-0.15, -0.1) is 0 Å². The Morgan fingerprint density at radius 2 is 2.04 bits per heavy atom. The molecule has 0 atom stereocenters. The molecule has 0 unspecified atom stereocenters. The highest BCUT2D eigenvalue weighted by Gasteiger charge is 2.27. The number of aromatic nitrogens is 2. The topological polar surface area (TPSA) is 120 Å². The van der Waals surface area contributed by atoms with E-state index in [1.54, 1.807) is 11.1 Å². The molecule has 27 heavy (non-hydrogen) atoms. The van der Waals surface area contributed by atoms with Gasteiger partial charge in [-0.1, -0.05) is 0 Å². The predicted octanol–water partition coefficient (Wildman–Crippen LogP) is 2.98. The Hall–Kier alpha value is -2.16. The number of anilines is 1. The molecule has 1 saturated heterocycles. The minimum absolute atomic E-state index is 0.115. The van der Waals surface area contributed by atoms with Crippen molar-refractivity contribution in [2.45, 2.75) is 52.2 Å². The quantitative estimate of drug-likeness (QED) is 0.699. The number of piperidine rings is 1. The molecule has 4 N–H and O–H groups in total. The fourth-order valence-electron chi connectivity index (χ4n) is 2.74. The Bertz CT molecular complexity index is 749. The summed E-state index contributed by atoms with van der Waals surface area (Å²) in [7, 11) is 0. The van der Waals surface area contributed by atoms with Crippen LogP contribution in [0.4, 0.5) is 10.6 Å². The summed E-state index contributed by atoms with van der Waals surface area (Å²) in [4.78, 5) is 27.1. The minimum Gasteiger partial charge on any atom is -0.444 e. The molecule has 2 heterocycles. The third-order valence-corrected chi connectivity index (χ3v) is 4.66. The van der Waals surface area contributed by atoms with Crippen molar-refractivity contribution >= 4 is 39.1 Å². The van der Waals surface area contributed by atoms with Crippen LogP contribution in [-0.4, -0.2) is 51.4 Å². The van der Waals surface area contributed by atoms with E-state index in [1.807, 2.05) is 27.7 Å². The van der Waals surface area contributed by atoms with Crippen LogP contribution in [0.25, 0.3) is 5.57 Å². The van der Waals surface area contributed by atoms with E-state index in [-0.39, 0.29) is 12.1 Å². The summed E-state index contributed by atoms with van der Waals surface area (Å²) in [6, 6.07) is 0.115. The highest BCUT2D eigenvalue weighted by atomic mass is 79.9. The van der Waals surface area contributed by atoms with E-state index in [4.69, 9.17) is 21.2 Å². The van der Waals surface area contributed by atoms with Crippen molar-refractivity contribution in [3.63, 3.8) is 0 Å². The molecule has 1 fully saturated rings. The van der Waals surface area contributed by atoms with E-state index >= 15 is 0 Å². The second-order valence-electron chi connectivity index (χ2n) is 7.42. The zero-order chi connectivity index (χ0) is 20.2. The van der Waals surface area contributed by atoms with E-state index in [0.29, 0.717) is 34.8 Å². The number of nitrogens with two attached hydrogens (primary N) is 2.